The minimum Gasteiger partial charge on any atom is -0.368 e. The number of aromatic nitrogens is 2. The largest absolute Gasteiger partial charge is 0.368 e. The molecule has 1 aliphatic heterocycles. The van der Waals surface area contributed by atoms with Gasteiger partial charge in [0.1, 0.15) is 5.69 Å². The van der Waals surface area contributed by atoms with E-state index in [1.54, 1.807) is 24.3 Å². The van der Waals surface area contributed by atoms with Crippen LogP contribution in [0.5, 0.6) is 0 Å². The third-order valence-corrected chi connectivity index (χ3v) is 5.01. The molecule has 1 aliphatic rings. The second-order valence-electron chi connectivity index (χ2n) is 7.15. The van der Waals surface area contributed by atoms with Gasteiger partial charge in [-0.15, -0.1) is 0 Å². The number of hydrogen-bond acceptors (Lipinski definition) is 6. The van der Waals surface area contributed by atoms with Crippen molar-refractivity contribution in [3.63, 3.8) is 0 Å². The van der Waals surface area contributed by atoms with Crippen LogP contribution in [0.15, 0.2) is 60.7 Å². The smallest absolute Gasteiger partial charge is 0.272 e. The van der Waals surface area contributed by atoms with E-state index >= 15 is 0 Å². The summed E-state index contributed by atoms with van der Waals surface area (Å²) in [5, 5.41) is 12.2. The first kappa shape index (κ1) is 19.4. The van der Waals surface area contributed by atoms with Crippen LogP contribution in [0.4, 0.5) is 17.3 Å². The number of carbonyl (C=O) groups is 1. The van der Waals surface area contributed by atoms with Gasteiger partial charge in [0.25, 0.3) is 5.91 Å². The van der Waals surface area contributed by atoms with E-state index < -0.39 is 0 Å². The molecule has 0 saturated carbocycles. The summed E-state index contributed by atoms with van der Waals surface area (Å²) in [5.41, 5.74) is 3.49. The molecule has 0 unspecified atom stereocenters. The Morgan fingerprint density at radius 2 is 1.77 bits per heavy atom. The molecule has 4 rings (SSSR count). The van der Waals surface area contributed by atoms with Crippen molar-refractivity contribution in [2.24, 2.45) is 0 Å². The van der Waals surface area contributed by atoms with Crippen molar-refractivity contribution < 1.29 is 4.79 Å². The standard InChI is InChI=1S/C23H22N6O/c1-17-14-21(27-23(25-17)26-19-7-5-6-18(15-19)16-24)22(30)29-12-10-28(11-13-29)20-8-3-2-4-9-20/h2-9,14-15H,10-13H2,1H3,(H,25,26,27). The Labute approximate surface area is 175 Å². The van der Waals surface area contributed by atoms with Gasteiger partial charge < -0.3 is 15.1 Å². The fourth-order valence-corrected chi connectivity index (χ4v) is 3.50. The molecule has 0 aliphatic carbocycles. The van der Waals surface area contributed by atoms with Crippen molar-refractivity contribution in [3.05, 3.63) is 77.6 Å². The molecule has 1 N–H and O–H groups in total. The third-order valence-electron chi connectivity index (χ3n) is 5.01. The lowest BCUT2D eigenvalue weighted by molar-refractivity contribution is 0.0740. The molecule has 30 heavy (non-hydrogen) atoms. The van der Waals surface area contributed by atoms with Gasteiger partial charge in [-0.1, -0.05) is 24.3 Å². The van der Waals surface area contributed by atoms with Crippen molar-refractivity contribution in [1.29, 1.82) is 5.26 Å². The number of hydrogen-bond donors (Lipinski definition) is 1. The molecule has 1 aromatic heterocycles. The highest BCUT2D eigenvalue weighted by molar-refractivity contribution is 5.93. The van der Waals surface area contributed by atoms with Crippen LogP contribution in [0.2, 0.25) is 0 Å². The lowest BCUT2D eigenvalue weighted by Gasteiger charge is -2.36. The Morgan fingerprint density at radius 1 is 1.00 bits per heavy atom. The van der Waals surface area contributed by atoms with Crippen LogP contribution >= 0.6 is 0 Å². The van der Waals surface area contributed by atoms with Crippen LogP contribution in [0.1, 0.15) is 21.7 Å². The van der Waals surface area contributed by atoms with Crippen molar-refractivity contribution in [2.45, 2.75) is 6.92 Å². The molecule has 0 atom stereocenters. The van der Waals surface area contributed by atoms with E-state index in [2.05, 4.69) is 38.4 Å². The Balaban J connectivity index is 1.46. The molecule has 0 bridgehead atoms. The summed E-state index contributed by atoms with van der Waals surface area (Å²) in [6.07, 6.45) is 0. The van der Waals surface area contributed by atoms with Gasteiger partial charge in [-0.3, -0.25) is 4.79 Å². The average molecular weight is 398 g/mol. The number of benzene rings is 2. The van der Waals surface area contributed by atoms with Crippen LogP contribution in [0.3, 0.4) is 0 Å². The lowest BCUT2D eigenvalue weighted by Crippen LogP contribution is -2.49. The Bertz CT molecular complexity index is 1080. The summed E-state index contributed by atoms with van der Waals surface area (Å²) >= 11 is 0. The molecule has 1 fully saturated rings. The predicted octanol–water partition coefficient (Wildman–Crippen LogP) is 3.36. The van der Waals surface area contributed by atoms with Gasteiger partial charge in [-0.25, -0.2) is 9.97 Å². The van der Waals surface area contributed by atoms with Gasteiger partial charge in [0.05, 0.1) is 11.6 Å². The quantitative estimate of drug-likeness (QED) is 0.725. The highest BCUT2D eigenvalue weighted by Gasteiger charge is 2.24. The van der Waals surface area contributed by atoms with Gasteiger partial charge >= 0.3 is 0 Å². The van der Waals surface area contributed by atoms with Crippen LogP contribution in [-0.4, -0.2) is 47.0 Å². The summed E-state index contributed by atoms with van der Waals surface area (Å²) in [5.74, 6) is 0.249. The molecule has 0 radical (unpaired) electrons. The van der Waals surface area contributed by atoms with Crippen LogP contribution in [0.25, 0.3) is 0 Å². The molecular weight excluding hydrogens is 376 g/mol. The van der Waals surface area contributed by atoms with Crippen molar-refractivity contribution in [1.82, 2.24) is 14.9 Å². The summed E-state index contributed by atoms with van der Waals surface area (Å²) in [6, 6.07) is 21.1. The molecule has 7 heteroatoms. The van der Waals surface area contributed by atoms with Crippen molar-refractivity contribution in [2.75, 3.05) is 36.4 Å². The minimum atomic E-state index is -0.0953. The number of aryl methyl sites for hydroxylation is 1. The maximum atomic E-state index is 13.0. The number of anilines is 3. The Hall–Kier alpha value is -3.92. The monoisotopic (exact) mass is 398 g/mol. The number of nitrogens with zero attached hydrogens (tertiary/aromatic N) is 5. The fourth-order valence-electron chi connectivity index (χ4n) is 3.50. The molecule has 1 saturated heterocycles. The Morgan fingerprint density at radius 3 is 2.50 bits per heavy atom. The molecule has 1 amide bonds. The summed E-state index contributed by atoms with van der Waals surface area (Å²) in [6.45, 7) is 4.69. The number of piperazine rings is 1. The third kappa shape index (κ3) is 4.39. The van der Waals surface area contributed by atoms with E-state index in [9.17, 15) is 4.79 Å². The number of nitriles is 1. The van der Waals surface area contributed by atoms with E-state index in [1.165, 1.54) is 5.69 Å². The first-order valence-corrected chi connectivity index (χ1v) is 9.84. The first-order chi connectivity index (χ1) is 14.6. The minimum absolute atomic E-state index is 0.0953. The fraction of sp³-hybridized carbons (Fsp3) is 0.217. The SMILES string of the molecule is Cc1cc(C(=O)N2CCN(c3ccccc3)CC2)nc(Nc2cccc(C#N)c2)n1. The van der Waals surface area contributed by atoms with E-state index in [0.29, 0.717) is 41.7 Å². The van der Waals surface area contributed by atoms with Gasteiger partial charge in [-0.2, -0.15) is 5.26 Å². The maximum absolute atomic E-state index is 13.0. The zero-order valence-corrected chi connectivity index (χ0v) is 16.7. The van der Waals surface area contributed by atoms with Gasteiger partial charge in [0.2, 0.25) is 5.95 Å². The topological polar surface area (TPSA) is 85.2 Å². The second kappa shape index (κ2) is 8.62. The molecule has 2 aromatic carbocycles. The van der Waals surface area contributed by atoms with Crippen LogP contribution in [-0.2, 0) is 0 Å². The normalized spacial score (nSPS) is 13.6. The molecule has 150 valence electrons. The van der Waals surface area contributed by atoms with Gasteiger partial charge in [0, 0.05) is 43.2 Å². The zero-order chi connectivity index (χ0) is 20.9. The van der Waals surface area contributed by atoms with E-state index in [-0.39, 0.29) is 5.91 Å². The molecule has 3 aromatic rings. The van der Waals surface area contributed by atoms with Crippen molar-refractivity contribution in [3.8, 4) is 6.07 Å². The Kier molecular flexibility index (Phi) is 5.57. The van der Waals surface area contributed by atoms with Gasteiger partial charge in [-0.05, 0) is 43.3 Å². The highest BCUT2D eigenvalue weighted by Crippen LogP contribution is 2.18. The zero-order valence-electron chi connectivity index (χ0n) is 16.7. The summed E-state index contributed by atoms with van der Waals surface area (Å²) in [4.78, 5) is 26.0. The number of nitrogens with one attached hydrogen (secondary N) is 1. The number of para-hydroxylation sites is 1. The predicted molar refractivity (Wildman–Crippen MR) is 116 cm³/mol. The lowest BCUT2D eigenvalue weighted by atomic mass is 10.2. The van der Waals surface area contributed by atoms with Crippen LogP contribution in [0, 0.1) is 18.3 Å². The van der Waals surface area contributed by atoms with Crippen molar-refractivity contribution >= 4 is 23.2 Å². The first-order valence-electron chi connectivity index (χ1n) is 9.84. The molecule has 0 spiro atoms. The highest BCUT2D eigenvalue weighted by atomic mass is 16.2. The molecule has 7 nitrogen and oxygen atoms in total. The van der Waals surface area contributed by atoms with E-state index in [0.717, 1.165) is 13.1 Å². The average Bonchev–Trinajstić information content (AvgIpc) is 2.79. The number of rotatable bonds is 4. The summed E-state index contributed by atoms with van der Waals surface area (Å²) in [7, 11) is 0. The van der Waals surface area contributed by atoms with Crippen LogP contribution < -0.4 is 10.2 Å². The van der Waals surface area contributed by atoms with E-state index in [4.69, 9.17) is 5.26 Å². The number of carbonyl (C=O) groups excluding carboxylic acids is 1. The second-order valence-corrected chi connectivity index (χ2v) is 7.15. The maximum Gasteiger partial charge on any atom is 0.272 e. The summed E-state index contributed by atoms with van der Waals surface area (Å²) < 4.78 is 0. The van der Waals surface area contributed by atoms with E-state index in [1.807, 2.05) is 36.1 Å². The molecular formula is C23H22N6O. The number of amides is 1. The molecule has 2 heterocycles. The van der Waals surface area contributed by atoms with Gasteiger partial charge in [0.15, 0.2) is 0 Å².